The van der Waals surface area contributed by atoms with Crippen molar-refractivity contribution >= 4 is 0 Å². The Morgan fingerprint density at radius 3 is 2.68 bits per heavy atom. The molecule has 102 valence electrons. The van der Waals surface area contributed by atoms with E-state index in [9.17, 15) is 0 Å². The summed E-state index contributed by atoms with van der Waals surface area (Å²) in [4.78, 5) is 4.42. The van der Waals surface area contributed by atoms with Crippen LogP contribution in [0.1, 0.15) is 25.3 Å². The Kier molecular flexibility index (Phi) is 3.57. The van der Waals surface area contributed by atoms with Gasteiger partial charge in [0.15, 0.2) is 0 Å². The minimum absolute atomic E-state index is 0.313. The lowest BCUT2D eigenvalue weighted by molar-refractivity contribution is 0.311. The van der Waals surface area contributed by atoms with Crippen molar-refractivity contribution in [1.29, 1.82) is 0 Å². The standard InChI is InChI=1S/C14H19N3O2/c1-9-7-10(5-6-11(9)18-4)12-16-13(19-17-12)14(2,3)8-15/h5-7H,8,15H2,1-4H3. The molecule has 1 aromatic carbocycles. The maximum Gasteiger partial charge on any atom is 0.233 e. The summed E-state index contributed by atoms with van der Waals surface area (Å²) in [6.07, 6.45) is 0. The van der Waals surface area contributed by atoms with Gasteiger partial charge in [-0.05, 0) is 44.5 Å². The summed E-state index contributed by atoms with van der Waals surface area (Å²) in [6, 6.07) is 5.79. The number of nitrogens with zero attached hydrogens (tertiary/aromatic N) is 2. The summed E-state index contributed by atoms with van der Waals surface area (Å²) >= 11 is 0. The van der Waals surface area contributed by atoms with E-state index >= 15 is 0 Å². The molecule has 2 aromatic rings. The van der Waals surface area contributed by atoms with E-state index in [2.05, 4.69) is 10.1 Å². The predicted molar refractivity (Wildman–Crippen MR) is 73.1 cm³/mol. The molecular formula is C14H19N3O2. The van der Waals surface area contributed by atoms with Gasteiger partial charge in [-0.15, -0.1) is 0 Å². The van der Waals surface area contributed by atoms with Crippen molar-refractivity contribution in [3.8, 4) is 17.1 Å². The van der Waals surface area contributed by atoms with Crippen molar-refractivity contribution in [2.75, 3.05) is 13.7 Å². The van der Waals surface area contributed by atoms with Crippen molar-refractivity contribution < 1.29 is 9.26 Å². The van der Waals surface area contributed by atoms with E-state index in [4.69, 9.17) is 15.0 Å². The highest BCUT2D eigenvalue weighted by atomic mass is 16.5. The van der Waals surface area contributed by atoms with E-state index in [1.54, 1.807) is 7.11 Å². The van der Waals surface area contributed by atoms with Gasteiger partial charge < -0.3 is 15.0 Å². The van der Waals surface area contributed by atoms with Crippen LogP contribution < -0.4 is 10.5 Å². The Bertz CT molecular complexity index is 576. The molecule has 0 aliphatic heterocycles. The second-order valence-electron chi connectivity index (χ2n) is 5.20. The van der Waals surface area contributed by atoms with E-state index in [0.717, 1.165) is 16.9 Å². The molecule has 0 fully saturated rings. The van der Waals surface area contributed by atoms with Gasteiger partial charge in [0.25, 0.3) is 0 Å². The van der Waals surface area contributed by atoms with Gasteiger partial charge in [0.1, 0.15) is 5.75 Å². The van der Waals surface area contributed by atoms with Crippen LogP contribution in [0.5, 0.6) is 5.75 Å². The molecule has 5 nitrogen and oxygen atoms in total. The highest BCUT2D eigenvalue weighted by Gasteiger charge is 2.26. The van der Waals surface area contributed by atoms with Crippen LogP contribution in [0.4, 0.5) is 0 Å². The molecule has 0 bridgehead atoms. The number of ether oxygens (including phenoxy) is 1. The highest BCUT2D eigenvalue weighted by molar-refractivity contribution is 5.58. The fraction of sp³-hybridized carbons (Fsp3) is 0.429. The fourth-order valence-corrected chi connectivity index (χ4v) is 1.72. The SMILES string of the molecule is COc1ccc(-c2noc(C(C)(C)CN)n2)cc1C. The average Bonchev–Trinajstić information content (AvgIpc) is 2.89. The van der Waals surface area contributed by atoms with Crippen LogP contribution in [0.25, 0.3) is 11.4 Å². The third kappa shape index (κ3) is 2.61. The van der Waals surface area contributed by atoms with Crippen LogP contribution in [0.3, 0.4) is 0 Å². The molecule has 0 atom stereocenters. The Morgan fingerprint density at radius 1 is 1.37 bits per heavy atom. The number of methoxy groups -OCH3 is 1. The first-order valence-electron chi connectivity index (χ1n) is 6.17. The summed E-state index contributed by atoms with van der Waals surface area (Å²) in [5.74, 6) is 1.97. The van der Waals surface area contributed by atoms with Crippen molar-refractivity contribution in [1.82, 2.24) is 10.1 Å². The lowest BCUT2D eigenvalue weighted by Gasteiger charge is -2.15. The first kappa shape index (κ1) is 13.5. The largest absolute Gasteiger partial charge is 0.496 e. The predicted octanol–water partition coefficient (Wildman–Crippen LogP) is 2.29. The van der Waals surface area contributed by atoms with Crippen LogP contribution in [-0.2, 0) is 5.41 Å². The molecule has 2 rings (SSSR count). The second kappa shape index (κ2) is 5.01. The Hall–Kier alpha value is -1.88. The number of rotatable bonds is 4. The molecule has 0 saturated heterocycles. The fourth-order valence-electron chi connectivity index (χ4n) is 1.72. The van der Waals surface area contributed by atoms with Gasteiger partial charge in [-0.2, -0.15) is 4.98 Å². The summed E-state index contributed by atoms with van der Waals surface area (Å²) < 4.78 is 10.5. The summed E-state index contributed by atoms with van der Waals surface area (Å²) in [5.41, 5.74) is 7.33. The normalized spacial score (nSPS) is 11.6. The van der Waals surface area contributed by atoms with Crippen molar-refractivity contribution in [3.63, 3.8) is 0 Å². The number of hydrogen-bond acceptors (Lipinski definition) is 5. The highest BCUT2D eigenvalue weighted by Crippen LogP contribution is 2.26. The van der Waals surface area contributed by atoms with E-state index < -0.39 is 0 Å². The van der Waals surface area contributed by atoms with E-state index in [1.807, 2.05) is 39.0 Å². The Balaban J connectivity index is 2.36. The number of nitrogens with two attached hydrogens (primary N) is 1. The van der Waals surface area contributed by atoms with Crippen LogP contribution in [0.15, 0.2) is 22.7 Å². The zero-order valence-corrected chi connectivity index (χ0v) is 11.7. The van der Waals surface area contributed by atoms with Gasteiger partial charge in [0, 0.05) is 12.1 Å². The van der Waals surface area contributed by atoms with Gasteiger partial charge in [0.05, 0.1) is 12.5 Å². The van der Waals surface area contributed by atoms with Gasteiger partial charge in [-0.25, -0.2) is 0 Å². The van der Waals surface area contributed by atoms with Crippen LogP contribution in [0, 0.1) is 6.92 Å². The molecule has 0 aliphatic carbocycles. The number of hydrogen-bond donors (Lipinski definition) is 1. The molecule has 0 spiro atoms. The lowest BCUT2D eigenvalue weighted by Crippen LogP contribution is -2.28. The molecular weight excluding hydrogens is 242 g/mol. The summed E-state index contributed by atoms with van der Waals surface area (Å²) in [7, 11) is 1.65. The van der Waals surface area contributed by atoms with Crippen LogP contribution in [0.2, 0.25) is 0 Å². The summed E-state index contributed by atoms with van der Waals surface area (Å²) in [6.45, 7) is 6.39. The van der Waals surface area contributed by atoms with Crippen molar-refractivity contribution in [3.05, 3.63) is 29.7 Å². The second-order valence-corrected chi connectivity index (χ2v) is 5.20. The van der Waals surface area contributed by atoms with Crippen molar-refractivity contribution in [2.45, 2.75) is 26.2 Å². The van der Waals surface area contributed by atoms with Gasteiger partial charge in [-0.3, -0.25) is 0 Å². The number of aromatic nitrogens is 2. The van der Waals surface area contributed by atoms with E-state index in [1.165, 1.54) is 0 Å². The van der Waals surface area contributed by atoms with Crippen molar-refractivity contribution in [2.24, 2.45) is 5.73 Å². The molecule has 19 heavy (non-hydrogen) atoms. The molecule has 0 aliphatic rings. The monoisotopic (exact) mass is 261 g/mol. The van der Waals surface area contributed by atoms with E-state index in [-0.39, 0.29) is 5.41 Å². The maximum atomic E-state index is 5.70. The third-order valence-electron chi connectivity index (χ3n) is 3.17. The zero-order chi connectivity index (χ0) is 14.0. The van der Waals surface area contributed by atoms with Crippen LogP contribution >= 0.6 is 0 Å². The minimum Gasteiger partial charge on any atom is -0.496 e. The van der Waals surface area contributed by atoms with E-state index in [0.29, 0.717) is 18.3 Å². The molecule has 1 heterocycles. The molecule has 2 N–H and O–H groups in total. The first-order valence-corrected chi connectivity index (χ1v) is 6.17. The quantitative estimate of drug-likeness (QED) is 0.914. The molecule has 0 unspecified atom stereocenters. The molecule has 5 heteroatoms. The molecule has 0 radical (unpaired) electrons. The van der Waals surface area contributed by atoms with Crippen LogP contribution in [-0.4, -0.2) is 23.8 Å². The summed E-state index contributed by atoms with van der Waals surface area (Å²) in [5, 5.41) is 4.01. The smallest absolute Gasteiger partial charge is 0.233 e. The first-order chi connectivity index (χ1) is 8.97. The maximum absolute atomic E-state index is 5.70. The Morgan fingerprint density at radius 2 is 2.11 bits per heavy atom. The van der Waals surface area contributed by atoms with Gasteiger partial charge in [0.2, 0.25) is 11.7 Å². The van der Waals surface area contributed by atoms with Gasteiger partial charge >= 0.3 is 0 Å². The minimum atomic E-state index is -0.313. The average molecular weight is 261 g/mol. The third-order valence-corrected chi connectivity index (χ3v) is 3.17. The Labute approximate surface area is 112 Å². The zero-order valence-electron chi connectivity index (χ0n) is 11.7. The number of benzene rings is 1. The van der Waals surface area contributed by atoms with Gasteiger partial charge in [-0.1, -0.05) is 5.16 Å². The molecule has 0 saturated carbocycles. The number of aryl methyl sites for hydroxylation is 1. The molecule has 0 amide bonds. The molecule has 1 aromatic heterocycles. The lowest BCUT2D eigenvalue weighted by atomic mass is 9.94. The topological polar surface area (TPSA) is 74.2 Å².